The molecule has 1 aromatic rings. The maximum absolute atomic E-state index is 12.6. The van der Waals surface area contributed by atoms with Crippen molar-refractivity contribution in [2.24, 2.45) is 5.41 Å². The Morgan fingerprint density at radius 1 is 1.19 bits per heavy atom. The van der Waals surface area contributed by atoms with Crippen molar-refractivity contribution in [3.63, 3.8) is 0 Å². The Hall–Kier alpha value is -1.35. The van der Waals surface area contributed by atoms with Crippen LogP contribution in [0.15, 0.2) is 29.2 Å². The van der Waals surface area contributed by atoms with Gasteiger partial charge in [0.05, 0.1) is 4.90 Å². The predicted octanol–water partition coefficient (Wildman–Crippen LogP) is 1.84. The van der Waals surface area contributed by atoms with Gasteiger partial charge in [0.15, 0.2) is 0 Å². The van der Waals surface area contributed by atoms with Gasteiger partial charge in [-0.25, -0.2) is 8.42 Å². The predicted molar refractivity (Wildman–Crippen MR) is 82.2 cm³/mol. The van der Waals surface area contributed by atoms with E-state index in [4.69, 9.17) is 5.11 Å². The highest BCUT2D eigenvalue weighted by Gasteiger charge is 2.32. The molecule has 0 aliphatic carbocycles. The van der Waals surface area contributed by atoms with Gasteiger partial charge in [-0.05, 0) is 42.5 Å². The van der Waals surface area contributed by atoms with Crippen LogP contribution >= 0.6 is 0 Å². The van der Waals surface area contributed by atoms with Crippen molar-refractivity contribution >= 4 is 10.0 Å². The molecule has 0 spiro atoms. The lowest BCUT2D eigenvalue weighted by atomic mass is 9.83. The van der Waals surface area contributed by atoms with Crippen LogP contribution in [0.3, 0.4) is 0 Å². The number of benzene rings is 1. The maximum Gasteiger partial charge on any atom is 0.243 e. The van der Waals surface area contributed by atoms with Crippen LogP contribution in [-0.2, 0) is 10.0 Å². The Kier molecular flexibility index (Phi) is 4.72. The van der Waals surface area contributed by atoms with Crippen LogP contribution in [0.1, 0.15) is 32.3 Å². The van der Waals surface area contributed by atoms with Gasteiger partial charge in [0.1, 0.15) is 6.61 Å². The lowest BCUT2D eigenvalue weighted by Gasteiger charge is -2.36. The number of hydrogen-bond acceptors (Lipinski definition) is 3. The molecule has 2 rings (SSSR count). The fourth-order valence-electron chi connectivity index (χ4n) is 2.33. The average molecular weight is 307 g/mol. The SMILES string of the molecule is CC1(C)CCN(S(=O)(=O)c2ccc(C#CCO)cc2)CC1. The van der Waals surface area contributed by atoms with Crippen molar-refractivity contribution in [2.75, 3.05) is 19.7 Å². The Morgan fingerprint density at radius 3 is 2.29 bits per heavy atom. The van der Waals surface area contributed by atoms with E-state index in [1.165, 1.54) is 0 Å². The lowest BCUT2D eigenvalue weighted by Crippen LogP contribution is -2.41. The van der Waals surface area contributed by atoms with Crippen LogP contribution < -0.4 is 0 Å². The van der Waals surface area contributed by atoms with Crippen LogP contribution in [-0.4, -0.2) is 37.5 Å². The second-order valence-electron chi connectivity index (χ2n) is 6.05. The standard InChI is InChI=1S/C16H21NO3S/c1-16(2)9-11-17(12-10-16)21(19,20)15-7-5-14(6-8-15)4-3-13-18/h5-8,18H,9-13H2,1-2H3. The minimum Gasteiger partial charge on any atom is -0.384 e. The summed E-state index contributed by atoms with van der Waals surface area (Å²) >= 11 is 0. The Labute approximate surface area is 126 Å². The third kappa shape index (κ3) is 3.85. The van der Waals surface area contributed by atoms with Crippen LogP contribution in [0.4, 0.5) is 0 Å². The number of aliphatic hydroxyl groups excluding tert-OH is 1. The first-order valence-corrected chi connectivity index (χ1v) is 8.49. The summed E-state index contributed by atoms with van der Waals surface area (Å²) in [7, 11) is -3.41. The molecule has 0 unspecified atom stereocenters. The van der Waals surface area contributed by atoms with Gasteiger partial charge in [0.25, 0.3) is 0 Å². The third-order valence-corrected chi connectivity index (χ3v) is 5.79. The van der Waals surface area contributed by atoms with E-state index in [0.29, 0.717) is 23.5 Å². The molecule has 1 saturated heterocycles. The van der Waals surface area contributed by atoms with Crippen molar-refractivity contribution in [1.82, 2.24) is 4.31 Å². The van der Waals surface area contributed by atoms with Crippen LogP contribution in [0.2, 0.25) is 0 Å². The Balaban J connectivity index is 2.16. The molecule has 1 fully saturated rings. The molecular formula is C16H21NO3S. The van der Waals surface area contributed by atoms with Crippen molar-refractivity contribution < 1.29 is 13.5 Å². The summed E-state index contributed by atoms with van der Waals surface area (Å²) in [5, 5.41) is 8.65. The normalized spacial score (nSPS) is 18.8. The molecule has 0 amide bonds. The molecule has 0 bridgehead atoms. The minimum absolute atomic E-state index is 0.205. The largest absolute Gasteiger partial charge is 0.384 e. The van der Waals surface area contributed by atoms with E-state index in [-0.39, 0.29) is 12.0 Å². The van der Waals surface area contributed by atoms with Crippen molar-refractivity contribution in [2.45, 2.75) is 31.6 Å². The summed E-state index contributed by atoms with van der Waals surface area (Å²) in [5.74, 6) is 5.30. The highest BCUT2D eigenvalue weighted by molar-refractivity contribution is 7.89. The number of nitrogens with zero attached hydrogens (tertiary/aromatic N) is 1. The fraction of sp³-hybridized carbons (Fsp3) is 0.500. The molecule has 0 aromatic heterocycles. The zero-order valence-corrected chi connectivity index (χ0v) is 13.3. The second kappa shape index (κ2) is 6.18. The second-order valence-corrected chi connectivity index (χ2v) is 7.99. The number of sulfonamides is 1. The number of hydrogen-bond donors (Lipinski definition) is 1. The quantitative estimate of drug-likeness (QED) is 0.848. The molecule has 0 saturated carbocycles. The van der Waals surface area contributed by atoms with E-state index >= 15 is 0 Å². The molecule has 5 heteroatoms. The van der Waals surface area contributed by atoms with E-state index in [9.17, 15) is 8.42 Å². The molecule has 1 aliphatic rings. The first kappa shape index (κ1) is 16.0. The summed E-state index contributed by atoms with van der Waals surface area (Å²) in [5.41, 5.74) is 0.915. The topological polar surface area (TPSA) is 57.6 Å². The molecule has 0 radical (unpaired) electrons. The van der Waals surface area contributed by atoms with Gasteiger partial charge in [-0.3, -0.25) is 0 Å². The van der Waals surface area contributed by atoms with Crippen LogP contribution in [0.25, 0.3) is 0 Å². The molecule has 1 heterocycles. The van der Waals surface area contributed by atoms with Gasteiger partial charge in [-0.15, -0.1) is 0 Å². The number of rotatable bonds is 2. The fourth-order valence-corrected chi connectivity index (χ4v) is 3.77. The zero-order valence-electron chi connectivity index (χ0n) is 12.5. The van der Waals surface area contributed by atoms with E-state index < -0.39 is 10.0 Å². The average Bonchev–Trinajstić information content (AvgIpc) is 2.45. The molecule has 21 heavy (non-hydrogen) atoms. The summed E-state index contributed by atoms with van der Waals surface area (Å²) in [6.45, 7) is 5.28. The Morgan fingerprint density at radius 2 is 1.76 bits per heavy atom. The monoisotopic (exact) mass is 307 g/mol. The highest BCUT2D eigenvalue weighted by Crippen LogP contribution is 2.32. The van der Waals surface area contributed by atoms with Crippen molar-refractivity contribution in [3.05, 3.63) is 29.8 Å². The van der Waals surface area contributed by atoms with E-state index in [1.807, 2.05) is 0 Å². The van der Waals surface area contributed by atoms with E-state index in [1.54, 1.807) is 28.6 Å². The number of piperidine rings is 1. The molecule has 1 aliphatic heterocycles. The number of aliphatic hydroxyl groups is 1. The molecule has 1 aromatic carbocycles. The first-order chi connectivity index (χ1) is 9.85. The lowest BCUT2D eigenvalue weighted by molar-refractivity contribution is 0.196. The first-order valence-electron chi connectivity index (χ1n) is 7.05. The molecule has 114 valence electrons. The zero-order chi connectivity index (χ0) is 15.5. The van der Waals surface area contributed by atoms with Crippen molar-refractivity contribution in [3.8, 4) is 11.8 Å². The van der Waals surface area contributed by atoms with Crippen LogP contribution in [0.5, 0.6) is 0 Å². The summed E-state index contributed by atoms with van der Waals surface area (Å²) in [6.07, 6.45) is 1.76. The summed E-state index contributed by atoms with van der Waals surface area (Å²) in [6, 6.07) is 6.50. The summed E-state index contributed by atoms with van der Waals surface area (Å²) < 4.78 is 26.7. The smallest absolute Gasteiger partial charge is 0.243 e. The Bertz CT molecular complexity index is 641. The maximum atomic E-state index is 12.6. The molecule has 0 atom stereocenters. The van der Waals surface area contributed by atoms with Gasteiger partial charge in [-0.1, -0.05) is 25.7 Å². The van der Waals surface area contributed by atoms with Gasteiger partial charge in [0.2, 0.25) is 10.0 Å². The van der Waals surface area contributed by atoms with E-state index in [2.05, 4.69) is 25.7 Å². The van der Waals surface area contributed by atoms with Gasteiger partial charge in [0, 0.05) is 18.7 Å². The minimum atomic E-state index is -3.41. The molecule has 1 N–H and O–H groups in total. The van der Waals surface area contributed by atoms with Gasteiger partial charge < -0.3 is 5.11 Å². The van der Waals surface area contributed by atoms with E-state index in [0.717, 1.165) is 12.8 Å². The molecular weight excluding hydrogens is 286 g/mol. The molecule has 4 nitrogen and oxygen atoms in total. The van der Waals surface area contributed by atoms with Gasteiger partial charge >= 0.3 is 0 Å². The van der Waals surface area contributed by atoms with Crippen LogP contribution in [0, 0.1) is 17.3 Å². The highest BCUT2D eigenvalue weighted by atomic mass is 32.2. The van der Waals surface area contributed by atoms with Crippen molar-refractivity contribution in [1.29, 1.82) is 0 Å². The third-order valence-electron chi connectivity index (χ3n) is 3.88. The summed E-state index contributed by atoms with van der Waals surface area (Å²) in [4.78, 5) is 0.303. The van der Waals surface area contributed by atoms with Gasteiger partial charge in [-0.2, -0.15) is 4.31 Å².